The van der Waals surface area contributed by atoms with Crippen molar-refractivity contribution in [2.75, 3.05) is 25.6 Å². The first-order chi connectivity index (χ1) is 7.39. The summed E-state index contributed by atoms with van der Waals surface area (Å²) in [7, 11) is 0. The van der Waals surface area contributed by atoms with Gasteiger partial charge in [-0.3, -0.25) is 4.79 Å². The Labute approximate surface area is 102 Å². The SMILES string of the molecule is CC(CCl)C(=O)N1CC(CO)OC(C)(C)C1. The van der Waals surface area contributed by atoms with Crippen LogP contribution in [0.25, 0.3) is 0 Å². The zero-order valence-electron chi connectivity index (χ0n) is 10.1. The number of carbonyl (C=O) groups excluding carboxylic acids is 1. The van der Waals surface area contributed by atoms with Crippen molar-refractivity contribution in [2.24, 2.45) is 5.92 Å². The largest absolute Gasteiger partial charge is 0.394 e. The molecule has 0 spiro atoms. The summed E-state index contributed by atoms with van der Waals surface area (Å²) in [6.45, 7) is 6.57. The third kappa shape index (κ3) is 3.34. The lowest BCUT2D eigenvalue weighted by molar-refractivity contribution is -0.169. The average molecular weight is 250 g/mol. The predicted molar refractivity (Wildman–Crippen MR) is 62.5 cm³/mol. The third-order valence-electron chi connectivity index (χ3n) is 2.65. The highest BCUT2D eigenvalue weighted by Gasteiger charge is 2.36. The normalized spacial score (nSPS) is 26.6. The van der Waals surface area contributed by atoms with E-state index in [1.54, 1.807) is 4.90 Å². The quantitative estimate of drug-likeness (QED) is 0.755. The molecule has 1 N–H and O–H groups in total. The van der Waals surface area contributed by atoms with Gasteiger partial charge in [0.15, 0.2) is 0 Å². The molecule has 0 bridgehead atoms. The first kappa shape index (κ1) is 13.7. The van der Waals surface area contributed by atoms with Crippen molar-refractivity contribution in [3.63, 3.8) is 0 Å². The Hall–Kier alpha value is -0.320. The molecule has 0 aliphatic carbocycles. The maximum atomic E-state index is 12.0. The van der Waals surface area contributed by atoms with E-state index in [9.17, 15) is 4.79 Å². The number of carbonyl (C=O) groups is 1. The van der Waals surface area contributed by atoms with E-state index >= 15 is 0 Å². The van der Waals surface area contributed by atoms with Gasteiger partial charge in [0.25, 0.3) is 0 Å². The molecule has 0 aromatic carbocycles. The standard InChI is InChI=1S/C11H20ClNO3/c1-8(4-12)10(15)13-5-9(6-14)16-11(2,3)7-13/h8-9,14H,4-7H2,1-3H3. The average Bonchev–Trinajstić information content (AvgIpc) is 2.24. The molecule has 1 fully saturated rings. The molecule has 0 aromatic rings. The number of hydrogen-bond donors (Lipinski definition) is 1. The fourth-order valence-corrected chi connectivity index (χ4v) is 2.07. The fourth-order valence-electron chi connectivity index (χ4n) is 1.94. The summed E-state index contributed by atoms with van der Waals surface area (Å²) in [6.07, 6.45) is -0.296. The molecule has 2 unspecified atom stereocenters. The number of rotatable bonds is 3. The lowest BCUT2D eigenvalue weighted by Crippen LogP contribution is -2.56. The number of nitrogens with zero attached hydrogens (tertiary/aromatic N) is 1. The van der Waals surface area contributed by atoms with Gasteiger partial charge in [0, 0.05) is 24.9 Å². The van der Waals surface area contributed by atoms with E-state index in [2.05, 4.69) is 0 Å². The summed E-state index contributed by atoms with van der Waals surface area (Å²) in [5, 5.41) is 9.13. The molecule has 1 saturated heterocycles. The number of amides is 1. The molecule has 1 heterocycles. The minimum Gasteiger partial charge on any atom is -0.394 e. The van der Waals surface area contributed by atoms with Gasteiger partial charge in [0.05, 0.1) is 18.3 Å². The summed E-state index contributed by atoms with van der Waals surface area (Å²) in [5.74, 6) is 0.167. The maximum absolute atomic E-state index is 12.0. The van der Waals surface area contributed by atoms with Crippen molar-refractivity contribution in [1.29, 1.82) is 0 Å². The van der Waals surface area contributed by atoms with E-state index in [1.165, 1.54) is 0 Å². The molecule has 1 aliphatic rings. The summed E-state index contributed by atoms with van der Waals surface area (Å²) in [6, 6.07) is 0. The minimum absolute atomic E-state index is 0.0322. The Morgan fingerprint density at radius 3 is 2.81 bits per heavy atom. The minimum atomic E-state index is -0.409. The van der Waals surface area contributed by atoms with Crippen LogP contribution in [0, 0.1) is 5.92 Å². The molecular formula is C11H20ClNO3. The molecule has 0 saturated carbocycles. The predicted octanol–water partition coefficient (Wildman–Crippen LogP) is 0.860. The second-order valence-corrected chi connectivity index (χ2v) is 5.26. The molecule has 1 amide bonds. The first-order valence-electron chi connectivity index (χ1n) is 5.53. The molecule has 1 rings (SSSR count). The second kappa shape index (κ2) is 5.34. The molecule has 16 heavy (non-hydrogen) atoms. The van der Waals surface area contributed by atoms with Gasteiger partial charge in [-0.1, -0.05) is 6.92 Å². The van der Waals surface area contributed by atoms with E-state index in [1.807, 2.05) is 20.8 Å². The Balaban J connectivity index is 2.69. The zero-order valence-corrected chi connectivity index (χ0v) is 10.8. The van der Waals surface area contributed by atoms with E-state index in [-0.39, 0.29) is 24.5 Å². The van der Waals surface area contributed by atoms with Crippen LogP contribution >= 0.6 is 11.6 Å². The third-order valence-corrected chi connectivity index (χ3v) is 3.11. The van der Waals surface area contributed by atoms with Gasteiger partial charge in [-0.05, 0) is 13.8 Å². The van der Waals surface area contributed by atoms with Crippen LogP contribution in [0.5, 0.6) is 0 Å². The monoisotopic (exact) mass is 249 g/mol. The van der Waals surface area contributed by atoms with E-state index in [4.69, 9.17) is 21.4 Å². The van der Waals surface area contributed by atoms with Crippen LogP contribution in [0.1, 0.15) is 20.8 Å². The Bertz CT molecular complexity index is 258. The number of aliphatic hydroxyl groups is 1. The van der Waals surface area contributed by atoms with Crippen LogP contribution in [0.3, 0.4) is 0 Å². The van der Waals surface area contributed by atoms with Gasteiger partial charge >= 0.3 is 0 Å². The van der Waals surface area contributed by atoms with Crippen molar-refractivity contribution in [1.82, 2.24) is 4.90 Å². The summed E-state index contributed by atoms with van der Waals surface area (Å²) in [5.41, 5.74) is -0.409. The first-order valence-corrected chi connectivity index (χ1v) is 6.06. The number of ether oxygens (including phenoxy) is 1. The van der Waals surface area contributed by atoms with Gasteiger partial charge in [0.1, 0.15) is 0 Å². The maximum Gasteiger partial charge on any atom is 0.226 e. The molecule has 94 valence electrons. The number of morpholine rings is 1. The number of aliphatic hydroxyl groups excluding tert-OH is 1. The van der Waals surface area contributed by atoms with Crippen LogP contribution in [0.15, 0.2) is 0 Å². The van der Waals surface area contributed by atoms with E-state index in [0.717, 1.165) is 0 Å². The molecule has 2 atom stereocenters. The van der Waals surface area contributed by atoms with Gasteiger partial charge in [0.2, 0.25) is 5.91 Å². The molecule has 0 radical (unpaired) electrons. The second-order valence-electron chi connectivity index (χ2n) is 4.96. The highest BCUT2D eigenvalue weighted by molar-refractivity contribution is 6.19. The fraction of sp³-hybridized carbons (Fsp3) is 0.909. The Morgan fingerprint density at radius 2 is 2.31 bits per heavy atom. The lowest BCUT2D eigenvalue weighted by Gasteiger charge is -2.43. The number of halogens is 1. The van der Waals surface area contributed by atoms with Crippen LogP contribution < -0.4 is 0 Å². The van der Waals surface area contributed by atoms with Crippen LogP contribution in [-0.2, 0) is 9.53 Å². The lowest BCUT2D eigenvalue weighted by atomic mass is 10.0. The van der Waals surface area contributed by atoms with Crippen molar-refractivity contribution in [2.45, 2.75) is 32.5 Å². The Morgan fingerprint density at radius 1 is 1.69 bits per heavy atom. The van der Waals surface area contributed by atoms with Crippen molar-refractivity contribution in [3.05, 3.63) is 0 Å². The molecular weight excluding hydrogens is 230 g/mol. The van der Waals surface area contributed by atoms with Gasteiger partial charge in [-0.25, -0.2) is 0 Å². The van der Waals surface area contributed by atoms with Gasteiger partial charge in [-0.15, -0.1) is 11.6 Å². The zero-order chi connectivity index (χ0) is 12.3. The molecule has 0 aromatic heterocycles. The highest BCUT2D eigenvalue weighted by atomic mass is 35.5. The summed E-state index contributed by atoms with van der Waals surface area (Å²) >= 11 is 5.68. The van der Waals surface area contributed by atoms with Crippen molar-refractivity contribution < 1.29 is 14.6 Å². The molecule has 1 aliphatic heterocycles. The molecule has 4 nitrogen and oxygen atoms in total. The smallest absolute Gasteiger partial charge is 0.226 e. The van der Waals surface area contributed by atoms with E-state index < -0.39 is 5.60 Å². The van der Waals surface area contributed by atoms with Gasteiger partial charge in [-0.2, -0.15) is 0 Å². The van der Waals surface area contributed by atoms with Gasteiger partial charge < -0.3 is 14.7 Å². The van der Waals surface area contributed by atoms with Crippen molar-refractivity contribution >= 4 is 17.5 Å². The van der Waals surface area contributed by atoms with Crippen LogP contribution in [0.2, 0.25) is 0 Å². The summed E-state index contributed by atoms with van der Waals surface area (Å²) in [4.78, 5) is 13.7. The number of hydrogen-bond acceptors (Lipinski definition) is 3. The van der Waals surface area contributed by atoms with E-state index in [0.29, 0.717) is 19.0 Å². The Kier molecular flexibility index (Phi) is 4.59. The highest BCUT2D eigenvalue weighted by Crippen LogP contribution is 2.22. The van der Waals surface area contributed by atoms with Crippen LogP contribution in [0.4, 0.5) is 0 Å². The van der Waals surface area contributed by atoms with Crippen molar-refractivity contribution in [3.8, 4) is 0 Å². The molecule has 5 heteroatoms. The topological polar surface area (TPSA) is 49.8 Å². The summed E-state index contributed by atoms with van der Waals surface area (Å²) < 4.78 is 5.64. The number of alkyl halides is 1. The van der Waals surface area contributed by atoms with Crippen LogP contribution in [-0.4, -0.2) is 53.2 Å².